The first-order valence-electron chi connectivity index (χ1n) is 6.80. The van der Waals surface area contributed by atoms with Gasteiger partial charge in [-0.3, -0.25) is 4.79 Å². The molecular formula is C17H15BrO5. The Morgan fingerprint density at radius 3 is 2.35 bits per heavy atom. The van der Waals surface area contributed by atoms with Crippen molar-refractivity contribution in [2.24, 2.45) is 0 Å². The summed E-state index contributed by atoms with van der Waals surface area (Å²) < 4.78 is 10.9. The van der Waals surface area contributed by atoms with Gasteiger partial charge in [-0.25, -0.2) is 4.79 Å². The number of carbonyl (C=O) groups excluding carboxylic acids is 2. The monoisotopic (exact) mass is 378 g/mol. The third kappa shape index (κ3) is 4.10. The van der Waals surface area contributed by atoms with Gasteiger partial charge in [0.25, 0.3) is 0 Å². The summed E-state index contributed by atoms with van der Waals surface area (Å²) in [6.07, 6.45) is -0.967. The maximum Gasteiger partial charge on any atom is 0.342 e. The zero-order valence-electron chi connectivity index (χ0n) is 12.6. The summed E-state index contributed by atoms with van der Waals surface area (Å²) in [6.45, 7) is 1.49. The third-order valence-corrected chi connectivity index (χ3v) is 3.74. The summed E-state index contributed by atoms with van der Waals surface area (Å²) in [5, 5.41) is 9.82. The van der Waals surface area contributed by atoms with Crippen LogP contribution in [0.2, 0.25) is 0 Å². The molecule has 5 nitrogen and oxygen atoms in total. The fourth-order valence-corrected chi connectivity index (χ4v) is 2.20. The van der Waals surface area contributed by atoms with Crippen molar-refractivity contribution >= 4 is 27.7 Å². The highest BCUT2D eigenvalue weighted by molar-refractivity contribution is 9.10. The van der Waals surface area contributed by atoms with Crippen molar-refractivity contribution in [3.8, 4) is 11.5 Å². The van der Waals surface area contributed by atoms with E-state index in [1.807, 2.05) is 0 Å². The van der Waals surface area contributed by atoms with Gasteiger partial charge in [0, 0.05) is 16.1 Å². The molecule has 6 heteroatoms. The van der Waals surface area contributed by atoms with Gasteiger partial charge < -0.3 is 14.6 Å². The van der Waals surface area contributed by atoms with Crippen LogP contribution in [0.15, 0.2) is 46.9 Å². The number of phenolic OH excluding ortho intramolecular Hbond substituents is 1. The van der Waals surface area contributed by atoms with E-state index in [9.17, 15) is 14.7 Å². The molecule has 0 saturated carbocycles. The van der Waals surface area contributed by atoms with E-state index in [2.05, 4.69) is 15.9 Å². The number of Topliss-reactive ketones (excluding diaryl/α,β-unsaturated/α-hetero) is 1. The number of benzene rings is 2. The summed E-state index contributed by atoms with van der Waals surface area (Å²) in [4.78, 5) is 24.3. The van der Waals surface area contributed by atoms with Crippen molar-refractivity contribution in [1.82, 2.24) is 0 Å². The van der Waals surface area contributed by atoms with E-state index in [4.69, 9.17) is 9.47 Å². The summed E-state index contributed by atoms with van der Waals surface area (Å²) in [5.41, 5.74) is 0.411. The minimum Gasteiger partial charge on any atom is -0.507 e. The van der Waals surface area contributed by atoms with E-state index in [1.165, 1.54) is 32.2 Å². The van der Waals surface area contributed by atoms with Gasteiger partial charge in [-0.15, -0.1) is 0 Å². The molecule has 23 heavy (non-hydrogen) atoms. The summed E-state index contributed by atoms with van der Waals surface area (Å²) in [5.74, 6) is -0.947. The van der Waals surface area contributed by atoms with E-state index < -0.39 is 12.1 Å². The highest BCUT2D eigenvalue weighted by Gasteiger charge is 2.22. The van der Waals surface area contributed by atoms with Gasteiger partial charge in [-0.05, 0) is 31.2 Å². The second-order valence-electron chi connectivity index (χ2n) is 4.80. The lowest BCUT2D eigenvalue weighted by atomic mass is 10.1. The molecule has 0 aromatic heterocycles. The van der Waals surface area contributed by atoms with Gasteiger partial charge in [0.2, 0.25) is 5.78 Å². The number of rotatable bonds is 5. The molecule has 0 amide bonds. The number of methoxy groups -OCH3 is 1. The fourth-order valence-electron chi connectivity index (χ4n) is 1.94. The molecule has 0 bridgehead atoms. The number of carbonyl (C=O) groups is 2. The molecule has 1 N–H and O–H groups in total. The SMILES string of the molecule is COc1ccc(C(=O)O[C@@H](C)C(=O)c2ccc(Br)cc2)c(O)c1. The molecule has 2 aromatic carbocycles. The van der Waals surface area contributed by atoms with Crippen LogP contribution in [-0.2, 0) is 4.74 Å². The Kier molecular flexibility index (Phi) is 5.39. The Labute approximate surface area is 142 Å². The van der Waals surface area contributed by atoms with Gasteiger partial charge in [0.1, 0.15) is 17.1 Å². The number of phenols is 1. The van der Waals surface area contributed by atoms with Crippen molar-refractivity contribution in [2.45, 2.75) is 13.0 Å². The Morgan fingerprint density at radius 1 is 1.13 bits per heavy atom. The maximum atomic E-state index is 12.2. The van der Waals surface area contributed by atoms with Crippen molar-refractivity contribution in [3.05, 3.63) is 58.1 Å². The zero-order chi connectivity index (χ0) is 17.0. The van der Waals surface area contributed by atoms with Crippen molar-refractivity contribution in [1.29, 1.82) is 0 Å². The number of ketones is 1. The Balaban J connectivity index is 2.10. The van der Waals surface area contributed by atoms with Crippen LogP contribution in [-0.4, -0.2) is 30.1 Å². The molecule has 120 valence electrons. The minimum absolute atomic E-state index is 0.0266. The molecule has 2 rings (SSSR count). The van der Waals surface area contributed by atoms with Gasteiger partial charge in [-0.2, -0.15) is 0 Å². The van der Waals surface area contributed by atoms with E-state index in [0.717, 1.165) is 4.47 Å². The average Bonchev–Trinajstić information content (AvgIpc) is 2.54. The first-order chi connectivity index (χ1) is 10.9. The molecule has 0 radical (unpaired) electrons. The lowest BCUT2D eigenvalue weighted by molar-refractivity contribution is 0.0316. The highest BCUT2D eigenvalue weighted by Crippen LogP contribution is 2.24. The number of aromatic hydroxyl groups is 1. The van der Waals surface area contributed by atoms with Crippen molar-refractivity contribution in [3.63, 3.8) is 0 Å². The topological polar surface area (TPSA) is 72.8 Å². The standard InChI is InChI=1S/C17H15BrO5/c1-10(16(20)11-3-5-12(18)6-4-11)23-17(21)14-8-7-13(22-2)9-15(14)19/h3-10,19H,1-2H3/t10-/m0/s1. The molecule has 2 aromatic rings. The highest BCUT2D eigenvalue weighted by atomic mass is 79.9. The molecule has 0 aliphatic carbocycles. The summed E-state index contributed by atoms with van der Waals surface area (Å²) in [6, 6.07) is 11.0. The summed E-state index contributed by atoms with van der Waals surface area (Å²) >= 11 is 3.29. The molecule has 0 unspecified atom stereocenters. The molecule has 0 aliphatic heterocycles. The number of esters is 1. The van der Waals surface area contributed by atoms with Gasteiger partial charge in [-0.1, -0.05) is 28.1 Å². The van der Waals surface area contributed by atoms with Gasteiger partial charge >= 0.3 is 5.97 Å². The molecule has 0 aliphatic rings. The van der Waals surface area contributed by atoms with E-state index >= 15 is 0 Å². The Hall–Kier alpha value is -2.34. The van der Waals surface area contributed by atoms with E-state index in [1.54, 1.807) is 24.3 Å². The third-order valence-electron chi connectivity index (χ3n) is 3.21. The van der Waals surface area contributed by atoms with Crippen LogP contribution >= 0.6 is 15.9 Å². The van der Waals surface area contributed by atoms with Crippen LogP contribution in [0.1, 0.15) is 27.6 Å². The molecule has 1 atom stereocenters. The van der Waals surface area contributed by atoms with Crippen molar-refractivity contribution in [2.75, 3.05) is 7.11 Å². The van der Waals surface area contributed by atoms with Crippen LogP contribution in [0.4, 0.5) is 0 Å². The van der Waals surface area contributed by atoms with E-state index in [0.29, 0.717) is 11.3 Å². The van der Waals surface area contributed by atoms with Crippen LogP contribution in [0.25, 0.3) is 0 Å². The number of hydrogen-bond donors (Lipinski definition) is 1. The van der Waals surface area contributed by atoms with Crippen LogP contribution in [0.5, 0.6) is 11.5 Å². The normalized spacial score (nSPS) is 11.6. The van der Waals surface area contributed by atoms with Crippen LogP contribution in [0, 0.1) is 0 Å². The zero-order valence-corrected chi connectivity index (χ0v) is 14.2. The predicted molar refractivity (Wildman–Crippen MR) is 88.0 cm³/mol. The van der Waals surface area contributed by atoms with Gasteiger partial charge in [0.15, 0.2) is 6.10 Å². The first-order valence-corrected chi connectivity index (χ1v) is 7.59. The smallest absolute Gasteiger partial charge is 0.342 e. The largest absolute Gasteiger partial charge is 0.507 e. The van der Waals surface area contributed by atoms with Gasteiger partial charge in [0.05, 0.1) is 7.11 Å². The molecule has 0 saturated heterocycles. The summed E-state index contributed by atoms with van der Waals surface area (Å²) in [7, 11) is 1.45. The quantitative estimate of drug-likeness (QED) is 0.635. The Bertz CT molecular complexity index is 724. The maximum absolute atomic E-state index is 12.2. The second-order valence-corrected chi connectivity index (χ2v) is 5.72. The van der Waals surface area contributed by atoms with Crippen LogP contribution in [0.3, 0.4) is 0 Å². The van der Waals surface area contributed by atoms with Crippen LogP contribution < -0.4 is 4.74 Å². The fraction of sp³-hybridized carbons (Fsp3) is 0.176. The first kappa shape index (κ1) is 17.0. The molecule has 0 fully saturated rings. The molecular weight excluding hydrogens is 364 g/mol. The molecule has 0 heterocycles. The van der Waals surface area contributed by atoms with E-state index in [-0.39, 0.29) is 17.1 Å². The average molecular weight is 379 g/mol. The lowest BCUT2D eigenvalue weighted by Crippen LogP contribution is -2.24. The Morgan fingerprint density at radius 2 is 1.78 bits per heavy atom. The number of ether oxygens (including phenoxy) is 2. The molecule has 0 spiro atoms. The number of halogens is 1. The predicted octanol–water partition coefficient (Wildman–Crippen LogP) is 3.59. The second kappa shape index (κ2) is 7.28. The number of hydrogen-bond acceptors (Lipinski definition) is 5. The lowest BCUT2D eigenvalue weighted by Gasteiger charge is -2.13. The van der Waals surface area contributed by atoms with Crippen molar-refractivity contribution < 1.29 is 24.2 Å². The minimum atomic E-state index is -0.967.